The van der Waals surface area contributed by atoms with Gasteiger partial charge < -0.3 is 4.57 Å². The van der Waals surface area contributed by atoms with Crippen molar-refractivity contribution in [1.29, 1.82) is 0 Å². The van der Waals surface area contributed by atoms with E-state index in [1.165, 1.54) is 10.8 Å². The lowest BCUT2D eigenvalue weighted by Gasteiger charge is -2.13. The van der Waals surface area contributed by atoms with Gasteiger partial charge in [-0.2, -0.15) is 5.10 Å². The first-order chi connectivity index (χ1) is 33.7. The molecule has 0 spiro atoms. The second-order valence-corrected chi connectivity index (χ2v) is 17.1. The highest BCUT2D eigenvalue weighted by atomic mass is 15.2. The van der Waals surface area contributed by atoms with Crippen LogP contribution in [0, 0.1) is 0 Å². The highest BCUT2D eigenvalue weighted by molar-refractivity contribution is 6.10. The predicted molar refractivity (Wildman–Crippen MR) is 278 cm³/mol. The smallest absolute Gasteiger partial charge is 0.164 e. The number of aromatic nitrogens is 6. The fourth-order valence-corrected chi connectivity index (χ4v) is 9.78. The highest BCUT2D eigenvalue weighted by Gasteiger charge is 2.22. The Hall–Kier alpha value is -9.26. The second kappa shape index (κ2) is 16.3. The molecule has 68 heavy (non-hydrogen) atoms. The van der Waals surface area contributed by atoms with Gasteiger partial charge in [-0.15, -0.1) is 0 Å². The van der Waals surface area contributed by atoms with Crippen LogP contribution in [-0.4, -0.2) is 29.1 Å². The van der Waals surface area contributed by atoms with Crippen molar-refractivity contribution in [1.82, 2.24) is 29.1 Å². The third kappa shape index (κ3) is 6.74. The fraction of sp³-hybridized carbons (Fsp3) is 0. The van der Waals surface area contributed by atoms with E-state index < -0.39 is 0 Å². The largest absolute Gasteiger partial charge is 0.309 e. The SMILES string of the molecule is c1ccc(-c2nc(-c3cccc(-c4ccc5cc(-c6ccccc6)n6nc(-c7ccccc7)c(-c7ccccc7)c6c5c4)c3)nc(-c3cccc(-n4c5ccccc5c5ccccc54)c3)n2)cc1. The molecule has 13 rings (SSSR count). The topological polar surface area (TPSA) is 60.9 Å². The van der Waals surface area contributed by atoms with Gasteiger partial charge in [0.1, 0.15) is 5.69 Å². The number of hydrogen-bond donors (Lipinski definition) is 0. The zero-order chi connectivity index (χ0) is 45.0. The van der Waals surface area contributed by atoms with Crippen LogP contribution < -0.4 is 0 Å². The summed E-state index contributed by atoms with van der Waals surface area (Å²) in [5.74, 6) is 1.82. The lowest BCUT2D eigenvalue weighted by Crippen LogP contribution is -2.01. The first-order valence-corrected chi connectivity index (χ1v) is 22.9. The maximum absolute atomic E-state index is 5.45. The normalized spacial score (nSPS) is 11.5. The van der Waals surface area contributed by atoms with Crippen molar-refractivity contribution >= 4 is 38.1 Å². The van der Waals surface area contributed by atoms with Gasteiger partial charge in [0.15, 0.2) is 17.5 Å². The quantitative estimate of drug-likeness (QED) is 0.153. The monoisotopic (exact) mass is 868 g/mol. The summed E-state index contributed by atoms with van der Waals surface area (Å²) in [7, 11) is 0. The van der Waals surface area contributed by atoms with Crippen LogP contribution in [0.4, 0.5) is 0 Å². The van der Waals surface area contributed by atoms with E-state index in [9.17, 15) is 0 Å². The molecule has 0 atom stereocenters. The number of para-hydroxylation sites is 2. The van der Waals surface area contributed by atoms with Gasteiger partial charge in [-0.05, 0) is 64.5 Å². The summed E-state index contributed by atoms with van der Waals surface area (Å²) < 4.78 is 4.48. The average molecular weight is 869 g/mol. The van der Waals surface area contributed by atoms with Gasteiger partial charge in [0, 0.05) is 55.2 Å². The number of hydrogen-bond acceptors (Lipinski definition) is 4. The molecular weight excluding hydrogens is 829 g/mol. The van der Waals surface area contributed by atoms with Gasteiger partial charge >= 0.3 is 0 Å². The van der Waals surface area contributed by atoms with E-state index in [4.69, 9.17) is 20.1 Å². The number of rotatable bonds is 8. The summed E-state index contributed by atoms with van der Waals surface area (Å²) in [5, 5.41) is 10.1. The first kappa shape index (κ1) is 39.1. The minimum atomic E-state index is 0.600. The molecule has 0 unspecified atom stereocenters. The van der Waals surface area contributed by atoms with Crippen LogP contribution in [0.1, 0.15) is 0 Å². The molecule has 0 aliphatic carbocycles. The molecule has 13 aromatic rings. The molecular formula is C62H40N6. The molecule has 4 heterocycles. The van der Waals surface area contributed by atoms with E-state index in [1.54, 1.807) is 0 Å². The van der Waals surface area contributed by atoms with E-state index in [2.05, 4.69) is 234 Å². The van der Waals surface area contributed by atoms with E-state index in [1.807, 2.05) is 18.2 Å². The van der Waals surface area contributed by atoms with Crippen molar-refractivity contribution in [2.75, 3.05) is 0 Å². The average Bonchev–Trinajstić information content (AvgIpc) is 3.99. The van der Waals surface area contributed by atoms with Gasteiger partial charge in [-0.25, -0.2) is 19.5 Å². The summed E-state index contributed by atoms with van der Waals surface area (Å²) in [5.41, 5.74) is 15.6. The minimum absolute atomic E-state index is 0.600. The van der Waals surface area contributed by atoms with Gasteiger partial charge in [0.2, 0.25) is 0 Å². The number of benzene rings is 9. The van der Waals surface area contributed by atoms with Crippen molar-refractivity contribution in [3.05, 3.63) is 243 Å². The Labute approximate surface area is 392 Å². The summed E-state index contributed by atoms with van der Waals surface area (Å²) in [6.07, 6.45) is 0. The van der Waals surface area contributed by atoms with Gasteiger partial charge in [-0.1, -0.05) is 200 Å². The Morgan fingerprint density at radius 2 is 0.794 bits per heavy atom. The fourth-order valence-electron chi connectivity index (χ4n) is 9.78. The molecule has 6 heteroatoms. The molecule has 0 amide bonds. The molecule has 4 aromatic heterocycles. The van der Waals surface area contributed by atoms with E-state index in [0.29, 0.717) is 17.5 Å². The van der Waals surface area contributed by atoms with Crippen molar-refractivity contribution < 1.29 is 0 Å². The molecule has 0 aliphatic rings. The molecule has 0 saturated heterocycles. The zero-order valence-corrected chi connectivity index (χ0v) is 36.8. The van der Waals surface area contributed by atoms with E-state index in [0.717, 1.165) is 94.5 Å². The maximum atomic E-state index is 5.45. The second-order valence-electron chi connectivity index (χ2n) is 17.1. The Morgan fingerprint density at radius 3 is 1.44 bits per heavy atom. The summed E-state index contributed by atoms with van der Waals surface area (Å²) in [6.45, 7) is 0. The lowest BCUT2D eigenvalue weighted by atomic mass is 9.94. The molecule has 0 fully saturated rings. The minimum Gasteiger partial charge on any atom is -0.309 e. The molecule has 6 nitrogen and oxygen atoms in total. The Balaban J connectivity index is 0.976. The van der Waals surface area contributed by atoms with Gasteiger partial charge in [0.25, 0.3) is 0 Å². The molecule has 0 radical (unpaired) electrons. The molecule has 9 aromatic carbocycles. The molecule has 0 aliphatic heterocycles. The Morgan fingerprint density at radius 1 is 0.309 bits per heavy atom. The summed E-state index contributed by atoms with van der Waals surface area (Å²) in [4.78, 5) is 15.5. The first-order valence-electron chi connectivity index (χ1n) is 22.9. The van der Waals surface area contributed by atoms with Crippen LogP contribution in [0.2, 0.25) is 0 Å². The maximum Gasteiger partial charge on any atom is 0.164 e. The van der Waals surface area contributed by atoms with Crippen molar-refractivity contribution in [2.24, 2.45) is 0 Å². The van der Waals surface area contributed by atoms with Gasteiger partial charge in [-0.3, -0.25) is 0 Å². The third-order valence-electron chi connectivity index (χ3n) is 13.0. The predicted octanol–water partition coefficient (Wildman–Crippen LogP) is 15.4. The third-order valence-corrected chi connectivity index (χ3v) is 13.0. The van der Waals surface area contributed by atoms with Crippen LogP contribution in [0.25, 0.3) is 123 Å². The number of pyridine rings is 1. The zero-order valence-electron chi connectivity index (χ0n) is 36.8. The van der Waals surface area contributed by atoms with E-state index >= 15 is 0 Å². The Bertz CT molecular complexity index is 3960. The molecule has 0 saturated carbocycles. The summed E-state index contributed by atoms with van der Waals surface area (Å²) in [6, 6.07) is 85.1. The Kier molecular flexibility index (Phi) is 9.39. The van der Waals surface area contributed by atoms with E-state index in [-0.39, 0.29) is 0 Å². The summed E-state index contributed by atoms with van der Waals surface area (Å²) >= 11 is 0. The molecule has 0 N–H and O–H groups in total. The number of nitrogens with zero attached hydrogens (tertiary/aromatic N) is 6. The van der Waals surface area contributed by atoms with Crippen molar-refractivity contribution in [3.8, 4) is 84.6 Å². The molecule has 0 bridgehead atoms. The van der Waals surface area contributed by atoms with Gasteiger partial charge in [0.05, 0.1) is 22.2 Å². The highest BCUT2D eigenvalue weighted by Crippen LogP contribution is 2.42. The molecule has 318 valence electrons. The lowest BCUT2D eigenvalue weighted by molar-refractivity contribution is 0.979. The van der Waals surface area contributed by atoms with Crippen LogP contribution in [0.5, 0.6) is 0 Å². The standard InChI is InChI=1S/C62H40N6/c1-5-19-41(20-6-1)56-40-47-36-35-46(39-53(47)59-57(42-21-7-2-8-22-42)58(66-68(56)59)43-23-9-3-10-24-43)45-27-17-28-48(37-45)61-63-60(44-25-11-4-12-26-44)64-62(65-61)49-29-18-30-50(38-49)67-54-33-15-13-31-51(54)52-32-14-16-34-55(52)67/h1-40H. The van der Waals surface area contributed by atoms with Crippen LogP contribution in [0.15, 0.2) is 243 Å². The number of fused-ring (bicyclic) bond motifs is 6. The van der Waals surface area contributed by atoms with Crippen LogP contribution in [-0.2, 0) is 0 Å². The van der Waals surface area contributed by atoms with Crippen LogP contribution >= 0.6 is 0 Å². The van der Waals surface area contributed by atoms with Crippen molar-refractivity contribution in [2.45, 2.75) is 0 Å². The van der Waals surface area contributed by atoms with Crippen molar-refractivity contribution in [3.63, 3.8) is 0 Å². The van der Waals surface area contributed by atoms with Crippen LogP contribution in [0.3, 0.4) is 0 Å².